The molecule has 100 valence electrons. The van der Waals surface area contributed by atoms with Crippen LogP contribution in [0.3, 0.4) is 0 Å². The van der Waals surface area contributed by atoms with E-state index in [-0.39, 0.29) is 11.7 Å². The van der Waals surface area contributed by atoms with Crippen molar-refractivity contribution in [2.75, 3.05) is 26.7 Å². The Morgan fingerprint density at radius 1 is 1.00 bits per heavy atom. The van der Waals surface area contributed by atoms with Crippen molar-refractivity contribution < 1.29 is 9.59 Å². The van der Waals surface area contributed by atoms with Gasteiger partial charge in [-0.15, -0.1) is 0 Å². The molecular weight excluding hydrogens is 216 g/mol. The number of ketones is 1. The number of nitrogens with zero attached hydrogens (tertiary/aromatic N) is 1. The summed E-state index contributed by atoms with van der Waals surface area (Å²) in [5.74, 6) is 0.325. The molecule has 0 aromatic rings. The number of hydrogen-bond donors (Lipinski definition) is 1. The maximum Gasteiger partial charge on any atom is 0.216 e. The molecular formula is C13H26N2O2. The van der Waals surface area contributed by atoms with Gasteiger partial charge in [-0.3, -0.25) is 4.79 Å². The van der Waals surface area contributed by atoms with Crippen molar-refractivity contribution in [2.24, 2.45) is 0 Å². The Labute approximate surface area is 105 Å². The van der Waals surface area contributed by atoms with Crippen LogP contribution < -0.4 is 5.32 Å². The fraction of sp³-hybridized carbons (Fsp3) is 0.846. The molecule has 0 aliphatic heterocycles. The van der Waals surface area contributed by atoms with Crippen molar-refractivity contribution in [2.45, 2.75) is 46.0 Å². The summed E-state index contributed by atoms with van der Waals surface area (Å²) in [6.45, 7) is 6.06. The zero-order valence-corrected chi connectivity index (χ0v) is 11.4. The number of carbonyl (C=O) groups excluding carboxylic acids is 2. The van der Waals surface area contributed by atoms with Crippen LogP contribution in [0.5, 0.6) is 0 Å². The van der Waals surface area contributed by atoms with E-state index in [1.54, 1.807) is 13.8 Å². The summed E-state index contributed by atoms with van der Waals surface area (Å²) in [5.41, 5.74) is 0. The first kappa shape index (κ1) is 16.1. The number of hydrogen-bond acceptors (Lipinski definition) is 3. The predicted octanol–water partition coefficient (Wildman–Crippen LogP) is 1.59. The molecule has 0 saturated heterocycles. The number of Topliss-reactive ketones (excluding diaryl/α,β-unsaturated/α-hetero) is 1. The largest absolute Gasteiger partial charge is 0.356 e. The van der Waals surface area contributed by atoms with E-state index < -0.39 is 0 Å². The highest BCUT2D eigenvalue weighted by molar-refractivity contribution is 5.75. The van der Waals surface area contributed by atoms with Crippen LogP contribution in [0.1, 0.15) is 46.0 Å². The molecule has 0 bridgehead atoms. The normalized spacial score (nSPS) is 10.6. The summed E-state index contributed by atoms with van der Waals surface area (Å²) >= 11 is 0. The molecule has 0 spiro atoms. The van der Waals surface area contributed by atoms with Crippen LogP contribution in [0.25, 0.3) is 0 Å². The molecule has 1 N–H and O–H groups in total. The molecule has 4 nitrogen and oxygen atoms in total. The van der Waals surface area contributed by atoms with Gasteiger partial charge in [-0.1, -0.05) is 0 Å². The van der Waals surface area contributed by atoms with E-state index in [4.69, 9.17) is 0 Å². The van der Waals surface area contributed by atoms with E-state index in [1.807, 2.05) is 0 Å². The molecule has 0 heterocycles. The average molecular weight is 242 g/mol. The second-order valence-electron chi connectivity index (χ2n) is 4.65. The van der Waals surface area contributed by atoms with Crippen molar-refractivity contribution in [3.8, 4) is 0 Å². The maximum absolute atomic E-state index is 10.7. The van der Waals surface area contributed by atoms with Crippen molar-refractivity contribution in [1.82, 2.24) is 10.2 Å². The van der Waals surface area contributed by atoms with Crippen molar-refractivity contribution >= 4 is 11.7 Å². The first-order valence-corrected chi connectivity index (χ1v) is 6.45. The smallest absolute Gasteiger partial charge is 0.216 e. The van der Waals surface area contributed by atoms with E-state index in [2.05, 4.69) is 17.3 Å². The zero-order chi connectivity index (χ0) is 13.1. The predicted molar refractivity (Wildman–Crippen MR) is 69.9 cm³/mol. The lowest BCUT2D eigenvalue weighted by Gasteiger charge is -2.16. The first-order valence-electron chi connectivity index (χ1n) is 6.45. The van der Waals surface area contributed by atoms with E-state index in [9.17, 15) is 9.59 Å². The minimum absolute atomic E-state index is 0.0441. The second-order valence-corrected chi connectivity index (χ2v) is 4.65. The Hall–Kier alpha value is -0.900. The summed E-state index contributed by atoms with van der Waals surface area (Å²) in [6, 6.07) is 0. The van der Waals surface area contributed by atoms with Crippen LogP contribution in [-0.4, -0.2) is 43.3 Å². The third kappa shape index (κ3) is 13.0. The summed E-state index contributed by atoms with van der Waals surface area (Å²) in [4.78, 5) is 23.6. The highest BCUT2D eigenvalue weighted by Crippen LogP contribution is 1.99. The summed E-state index contributed by atoms with van der Waals surface area (Å²) < 4.78 is 0. The highest BCUT2D eigenvalue weighted by Gasteiger charge is 1.99. The Balaban J connectivity index is 3.25. The van der Waals surface area contributed by atoms with Crippen molar-refractivity contribution in [3.63, 3.8) is 0 Å². The van der Waals surface area contributed by atoms with Gasteiger partial charge in [0.15, 0.2) is 0 Å². The summed E-state index contributed by atoms with van der Waals surface area (Å²) in [5, 5.41) is 2.79. The van der Waals surface area contributed by atoms with Crippen LogP contribution in [0.2, 0.25) is 0 Å². The lowest BCUT2D eigenvalue weighted by Crippen LogP contribution is -2.24. The van der Waals surface area contributed by atoms with Gasteiger partial charge in [0.2, 0.25) is 5.91 Å². The molecule has 17 heavy (non-hydrogen) atoms. The van der Waals surface area contributed by atoms with Gasteiger partial charge < -0.3 is 15.0 Å². The van der Waals surface area contributed by atoms with E-state index in [0.717, 1.165) is 45.3 Å². The van der Waals surface area contributed by atoms with Crippen LogP contribution in [0.4, 0.5) is 0 Å². The molecule has 0 aromatic heterocycles. The summed E-state index contributed by atoms with van der Waals surface area (Å²) in [7, 11) is 2.10. The zero-order valence-electron chi connectivity index (χ0n) is 11.4. The SMILES string of the molecule is CC(=O)CCCCN(C)CCCCNC(C)=O. The van der Waals surface area contributed by atoms with Crippen LogP contribution in [0.15, 0.2) is 0 Å². The van der Waals surface area contributed by atoms with Gasteiger partial charge in [0.25, 0.3) is 0 Å². The fourth-order valence-corrected chi connectivity index (χ4v) is 1.64. The molecule has 0 aliphatic rings. The number of unbranched alkanes of at least 4 members (excludes halogenated alkanes) is 2. The third-order valence-electron chi connectivity index (χ3n) is 2.66. The minimum atomic E-state index is 0.0441. The fourth-order valence-electron chi connectivity index (χ4n) is 1.64. The van der Waals surface area contributed by atoms with Crippen molar-refractivity contribution in [3.05, 3.63) is 0 Å². The monoisotopic (exact) mass is 242 g/mol. The maximum atomic E-state index is 10.7. The van der Waals surface area contributed by atoms with E-state index >= 15 is 0 Å². The van der Waals surface area contributed by atoms with Gasteiger partial charge in [-0.25, -0.2) is 0 Å². The second kappa shape index (κ2) is 10.3. The number of rotatable bonds is 10. The van der Waals surface area contributed by atoms with E-state index in [0.29, 0.717) is 6.42 Å². The molecule has 0 saturated carbocycles. The Bertz CT molecular complexity index is 229. The topological polar surface area (TPSA) is 49.4 Å². The van der Waals surface area contributed by atoms with Gasteiger partial charge in [0.1, 0.15) is 5.78 Å². The molecule has 0 unspecified atom stereocenters. The van der Waals surface area contributed by atoms with Gasteiger partial charge in [0.05, 0.1) is 0 Å². The highest BCUT2D eigenvalue weighted by atomic mass is 16.1. The standard InChI is InChI=1S/C13H26N2O2/c1-12(16)8-4-6-10-15(3)11-7-5-9-14-13(2)17/h4-11H2,1-3H3,(H,14,17). The number of nitrogens with one attached hydrogen (secondary N) is 1. The summed E-state index contributed by atoms with van der Waals surface area (Å²) in [6.07, 6.45) is 4.91. The Morgan fingerprint density at radius 3 is 2.12 bits per heavy atom. The lowest BCUT2D eigenvalue weighted by atomic mass is 10.2. The molecule has 1 amide bonds. The Morgan fingerprint density at radius 2 is 1.59 bits per heavy atom. The molecule has 0 rings (SSSR count). The molecule has 0 fully saturated rings. The van der Waals surface area contributed by atoms with Crippen LogP contribution in [0, 0.1) is 0 Å². The van der Waals surface area contributed by atoms with Crippen molar-refractivity contribution in [1.29, 1.82) is 0 Å². The molecule has 4 heteroatoms. The molecule has 0 radical (unpaired) electrons. The number of carbonyl (C=O) groups is 2. The van der Waals surface area contributed by atoms with E-state index in [1.165, 1.54) is 0 Å². The van der Waals surface area contributed by atoms with Gasteiger partial charge in [0, 0.05) is 19.9 Å². The third-order valence-corrected chi connectivity index (χ3v) is 2.66. The quantitative estimate of drug-likeness (QED) is 0.592. The van der Waals surface area contributed by atoms with Crippen LogP contribution >= 0.6 is 0 Å². The Kier molecular flexibility index (Phi) is 9.72. The number of amides is 1. The van der Waals surface area contributed by atoms with Crippen LogP contribution in [-0.2, 0) is 9.59 Å². The molecule has 0 aliphatic carbocycles. The molecule has 0 atom stereocenters. The van der Waals surface area contributed by atoms with Gasteiger partial charge in [-0.05, 0) is 52.7 Å². The minimum Gasteiger partial charge on any atom is -0.356 e. The molecule has 0 aromatic carbocycles. The average Bonchev–Trinajstić information content (AvgIpc) is 2.23. The van der Waals surface area contributed by atoms with Gasteiger partial charge in [-0.2, -0.15) is 0 Å². The van der Waals surface area contributed by atoms with Gasteiger partial charge >= 0.3 is 0 Å². The lowest BCUT2D eigenvalue weighted by molar-refractivity contribution is -0.119. The first-order chi connectivity index (χ1) is 8.02.